The van der Waals surface area contributed by atoms with Gasteiger partial charge in [0.1, 0.15) is 10.6 Å². The fraction of sp³-hybridized carbons (Fsp3) is 0.316. The second kappa shape index (κ2) is 9.84. The number of nitrogens with zero attached hydrogens (tertiary/aromatic N) is 1. The maximum absolute atomic E-state index is 13.0. The molecule has 174 valence electrons. The number of hydrogen-bond donors (Lipinski definition) is 1. The fourth-order valence-corrected chi connectivity index (χ4v) is 4.92. The third kappa shape index (κ3) is 5.84. The highest BCUT2D eigenvalue weighted by Gasteiger charge is 2.33. The Labute approximate surface area is 192 Å². The summed E-state index contributed by atoms with van der Waals surface area (Å²) in [5, 5.41) is 1.90. The molecular formula is C19H17Cl2F3N2O5S. The van der Waals surface area contributed by atoms with E-state index >= 15 is 0 Å². The van der Waals surface area contributed by atoms with Gasteiger partial charge in [-0.25, -0.2) is 8.42 Å². The highest BCUT2D eigenvalue weighted by Crippen LogP contribution is 2.36. The Morgan fingerprint density at radius 3 is 2.47 bits per heavy atom. The first-order chi connectivity index (χ1) is 15.0. The van der Waals surface area contributed by atoms with Gasteiger partial charge in [0.25, 0.3) is 5.91 Å². The van der Waals surface area contributed by atoms with Crippen molar-refractivity contribution in [2.45, 2.75) is 11.1 Å². The van der Waals surface area contributed by atoms with Crippen LogP contribution < -0.4 is 10.1 Å². The first-order valence-corrected chi connectivity index (χ1v) is 11.3. The quantitative estimate of drug-likeness (QED) is 0.630. The summed E-state index contributed by atoms with van der Waals surface area (Å²) in [5.41, 5.74) is -1.25. The molecule has 13 heteroatoms. The normalized spacial score (nSPS) is 15.4. The number of benzene rings is 2. The number of rotatable bonds is 6. The summed E-state index contributed by atoms with van der Waals surface area (Å²) < 4.78 is 76.6. The molecule has 32 heavy (non-hydrogen) atoms. The van der Waals surface area contributed by atoms with Crippen LogP contribution in [0.2, 0.25) is 10.0 Å². The Morgan fingerprint density at radius 1 is 1.12 bits per heavy atom. The van der Waals surface area contributed by atoms with Crippen molar-refractivity contribution in [2.24, 2.45) is 0 Å². The van der Waals surface area contributed by atoms with Crippen LogP contribution in [0.1, 0.15) is 5.56 Å². The van der Waals surface area contributed by atoms with Crippen molar-refractivity contribution in [3.8, 4) is 5.75 Å². The zero-order valence-corrected chi connectivity index (χ0v) is 18.6. The number of alkyl halides is 3. The molecule has 0 saturated carbocycles. The summed E-state index contributed by atoms with van der Waals surface area (Å²) in [6, 6.07) is 6.79. The van der Waals surface area contributed by atoms with Crippen LogP contribution in [-0.2, 0) is 25.7 Å². The monoisotopic (exact) mass is 512 g/mol. The van der Waals surface area contributed by atoms with Crippen molar-refractivity contribution in [2.75, 3.05) is 38.2 Å². The van der Waals surface area contributed by atoms with Crippen LogP contribution in [0.3, 0.4) is 0 Å². The number of amides is 1. The standard InChI is InChI=1S/C19H17Cl2F3N2O5S/c20-12-1-4-16(17(9-12)32(28,29)26-5-7-30-8-6-26)31-11-18(27)25-13-2-3-15(21)14(10-13)19(22,23)24/h1-4,9-10H,5-8,11H2,(H,25,27). The molecule has 1 fully saturated rings. The zero-order valence-electron chi connectivity index (χ0n) is 16.3. The second-order valence-electron chi connectivity index (χ2n) is 6.64. The lowest BCUT2D eigenvalue weighted by Gasteiger charge is -2.26. The molecule has 0 bridgehead atoms. The fourth-order valence-electron chi connectivity index (χ4n) is 2.89. The second-order valence-corrected chi connectivity index (χ2v) is 9.39. The summed E-state index contributed by atoms with van der Waals surface area (Å²) >= 11 is 11.5. The molecule has 1 heterocycles. The number of halogens is 5. The van der Waals surface area contributed by atoms with Crippen LogP contribution >= 0.6 is 23.2 Å². The molecule has 0 spiro atoms. The lowest BCUT2D eigenvalue weighted by molar-refractivity contribution is -0.137. The number of sulfonamides is 1. The maximum atomic E-state index is 13.0. The van der Waals surface area contributed by atoms with Gasteiger partial charge in [-0.3, -0.25) is 4.79 Å². The van der Waals surface area contributed by atoms with Crippen molar-refractivity contribution in [1.29, 1.82) is 0 Å². The van der Waals surface area contributed by atoms with Crippen LogP contribution in [0.15, 0.2) is 41.3 Å². The van der Waals surface area contributed by atoms with Crippen molar-refractivity contribution in [3.05, 3.63) is 52.0 Å². The van der Waals surface area contributed by atoms with Gasteiger partial charge < -0.3 is 14.8 Å². The molecule has 1 N–H and O–H groups in total. The first kappa shape index (κ1) is 24.6. The largest absolute Gasteiger partial charge is 0.482 e. The molecule has 0 atom stereocenters. The third-order valence-corrected chi connectivity index (χ3v) is 6.89. The van der Waals surface area contributed by atoms with E-state index in [1.807, 2.05) is 0 Å². The molecule has 1 aliphatic rings. The third-order valence-electron chi connectivity index (χ3n) is 4.41. The lowest BCUT2D eigenvalue weighted by atomic mass is 10.2. The topological polar surface area (TPSA) is 84.9 Å². The van der Waals surface area contributed by atoms with Gasteiger partial charge in [0.2, 0.25) is 10.0 Å². The minimum atomic E-state index is -4.69. The van der Waals surface area contributed by atoms with Gasteiger partial charge in [-0.05, 0) is 36.4 Å². The van der Waals surface area contributed by atoms with E-state index in [9.17, 15) is 26.4 Å². The van der Waals surface area contributed by atoms with Gasteiger partial charge in [-0.2, -0.15) is 17.5 Å². The number of morpholine rings is 1. The average Bonchev–Trinajstić information content (AvgIpc) is 2.74. The van der Waals surface area contributed by atoms with Gasteiger partial charge in [0.15, 0.2) is 6.61 Å². The number of carbonyl (C=O) groups excluding carboxylic acids is 1. The van der Waals surface area contributed by atoms with E-state index in [1.54, 1.807) is 0 Å². The molecule has 1 aliphatic heterocycles. The minimum absolute atomic E-state index is 0.122. The molecular weight excluding hydrogens is 496 g/mol. The highest BCUT2D eigenvalue weighted by atomic mass is 35.5. The summed E-state index contributed by atoms with van der Waals surface area (Å²) in [6.07, 6.45) is -4.69. The lowest BCUT2D eigenvalue weighted by Crippen LogP contribution is -2.40. The molecule has 2 aromatic rings. The average molecular weight is 513 g/mol. The van der Waals surface area contributed by atoms with Crippen molar-refractivity contribution in [1.82, 2.24) is 4.31 Å². The van der Waals surface area contributed by atoms with Gasteiger partial charge in [0, 0.05) is 23.8 Å². The molecule has 2 aromatic carbocycles. The molecule has 1 amide bonds. The van der Waals surface area contributed by atoms with E-state index < -0.39 is 39.3 Å². The Bertz CT molecular complexity index is 1110. The molecule has 0 aromatic heterocycles. The number of carbonyl (C=O) groups is 1. The van der Waals surface area contributed by atoms with Crippen LogP contribution in [0.25, 0.3) is 0 Å². The highest BCUT2D eigenvalue weighted by molar-refractivity contribution is 7.89. The van der Waals surface area contributed by atoms with Crippen LogP contribution in [0.4, 0.5) is 18.9 Å². The molecule has 3 rings (SSSR count). The van der Waals surface area contributed by atoms with Crippen molar-refractivity contribution >= 4 is 44.8 Å². The molecule has 0 aliphatic carbocycles. The first-order valence-electron chi connectivity index (χ1n) is 9.15. The van der Waals surface area contributed by atoms with Gasteiger partial charge in [0.05, 0.1) is 23.8 Å². The number of hydrogen-bond acceptors (Lipinski definition) is 5. The van der Waals surface area contributed by atoms with E-state index in [4.69, 9.17) is 32.7 Å². The van der Waals surface area contributed by atoms with E-state index in [-0.39, 0.29) is 47.7 Å². The number of anilines is 1. The predicted molar refractivity (Wildman–Crippen MR) is 112 cm³/mol. The van der Waals surface area contributed by atoms with Crippen molar-refractivity contribution in [3.63, 3.8) is 0 Å². The van der Waals surface area contributed by atoms with Gasteiger partial charge >= 0.3 is 6.18 Å². The summed E-state index contributed by atoms with van der Waals surface area (Å²) in [4.78, 5) is 12.0. The van der Waals surface area contributed by atoms with Crippen molar-refractivity contribution < 1.29 is 35.9 Å². The zero-order chi connectivity index (χ0) is 23.5. The van der Waals surface area contributed by atoms with E-state index in [1.165, 1.54) is 28.6 Å². The van der Waals surface area contributed by atoms with E-state index in [2.05, 4.69) is 5.32 Å². The van der Waals surface area contributed by atoms with Crippen LogP contribution in [0.5, 0.6) is 5.75 Å². The Hall–Kier alpha value is -2.05. The minimum Gasteiger partial charge on any atom is -0.482 e. The predicted octanol–water partition coefficient (Wildman–Crippen LogP) is 4.05. The Balaban J connectivity index is 1.74. The number of nitrogens with one attached hydrogen (secondary N) is 1. The Kier molecular flexibility index (Phi) is 7.56. The SMILES string of the molecule is O=C(COc1ccc(Cl)cc1S(=O)(=O)N1CCOCC1)Nc1ccc(Cl)c(C(F)(F)F)c1. The molecule has 0 radical (unpaired) electrons. The Morgan fingerprint density at radius 2 is 1.81 bits per heavy atom. The molecule has 1 saturated heterocycles. The smallest absolute Gasteiger partial charge is 0.417 e. The van der Waals surface area contributed by atoms with E-state index in [0.29, 0.717) is 6.07 Å². The van der Waals surface area contributed by atoms with E-state index in [0.717, 1.165) is 6.07 Å². The number of ether oxygens (including phenoxy) is 2. The summed E-state index contributed by atoms with van der Waals surface area (Å²) in [5.74, 6) is -0.923. The van der Waals surface area contributed by atoms with Crippen LogP contribution in [0, 0.1) is 0 Å². The maximum Gasteiger partial charge on any atom is 0.417 e. The van der Waals surface area contributed by atoms with Gasteiger partial charge in [-0.1, -0.05) is 23.2 Å². The summed E-state index contributed by atoms with van der Waals surface area (Å²) in [6.45, 7) is 0.107. The molecule has 0 unspecified atom stereocenters. The molecule has 7 nitrogen and oxygen atoms in total. The summed E-state index contributed by atoms with van der Waals surface area (Å²) in [7, 11) is -3.98. The van der Waals surface area contributed by atoms with Crippen LogP contribution in [-0.4, -0.2) is 51.5 Å². The van der Waals surface area contributed by atoms with Gasteiger partial charge in [-0.15, -0.1) is 0 Å².